The molecule has 0 radical (unpaired) electrons. The smallest absolute Gasteiger partial charge is 0.303 e. The Labute approximate surface area is 378 Å². The van der Waals surface area contributed by atoms with Crippen LogP contribution in [0.25, 0.3) is 0 Å². The maximum atomic E-state index is 14.0. The second-order valence-corrected chi connectivity index (χ2v) is 16.5. The summed E-state index contributed by atoms with van der Waals surface area (Å²) >= 11 is 0.780. The van der Waals surface area contributed by atoms with Gasteiger partial charge in [0.25, 0.3) is 0 Å². The lowest BCUT2D eigenvalue weighted by Gasteiger charge is -2.45. The number of ether oxygens (including phenoxy) is 11. The van der Waals surface area contributed by atoms with Gasteiger partial charge in [0.05, 0.1) is 28.0 Å². The predicted octanol–water partition coefficient (Wildman–Crippen LogP) is 1.75. The number of methoxy groups -OCH3 is 1. The summed E-state index contributed by atoms with van der Waals surface area (Å²) in [6, 6.07) is 0. The fraction of sp³-hybridized carbons (Fsp3) is 0.550. The van der Waals surface area contributed by atoms with Gasteiger partial charge in [0, 0.05) is 61.0 Å². The number of carbonyl (C=O) groups is 10. The Kier molecular flexibility index (Phi) is 17.4. The Bertz CT molecular complexity index is 2170. The number of phenolic OH excluding ortho intramolecular Hbond substituents is 2. The first-order valence-corrected chi connectivity index (χ1v) is 21.0. The molecule has 25 heteroatoms. The highest BCUT2D eigenvalue weighted by atomic mass is 32.2. The van der Waals surface area contributed by atoms with Gasteiger partial charge in [-0.15, -0.1) is 0 Å². The van der Waals surface area contributed by atoms with Crippen molar-refractivity contribution in [2.75, 3.05) is 20.3 Å². The van der Waals surface area contributed by atoms with E-state index < -0.39 is 170 Å². The summed E-state index contributed by atoms with van der Waals surface area (Å²) < 4.78 is 61.0. The monoisotopic (exact) mass is 958 g/mol. The molecule has 0 amide bonds. The number of fused-ring (bicyclic) bond motifs is 1. The number of ketones is 2. The summed E-state index contributed by atoms with van der Waals surface area (Å²) in [5, 5.41) is 24.4. The summed E-state index contributed by atoms with van der Waals surface area (Å²) in [6.45, 7) is 7.89. The topological polar surface area (TPSA) is 313 Å². The molecule has 2 saturated heterocycles. The van der Waals surface area contributed by atoms with E-state index in [0.717, 1.165) is 62.5 Å². The molecule has 1 aromatic rings. The largest absolute Gasteiger partial charge is 0.506 e. The van der Waals surface area contributed by atoms with E-state index in [4.69, 9.17) is 52.1 Å². The van der Waals surface area contributed by atoms with Gasteiger partial charge >= 0.3 is 47.8 Å². The van der Waals surface area contributed by atoms with Gasteiger partial charge in [-0.3, -0.25) is 47.9 Å². The third kappa shape index (κ3) is 12.3. The van der Waals surface area contributed by atoms with E-state index >= 15 is 0 Å². The zero-order chi connectivity index (χ0) is 48.8. The first-order chi connectivity index (χ1) is 30.4. The number of hydrogen-bond donors (Lipinski definition) is 2. The van der Waals surface area contributed by atoms with Gasteiger partial charge in [-0.1, -0.05) is 23.5 Å². The predicted molar refractivity (Wildman–Crippen MR) is 214 cm³/mol. The van der Waals surface area contributed by atoms with Crippen molar-refractivity contribution in [3.63, 3.8) is 0 Å². The number of carbonyl (C=O) groups excluding carboxylic acids is 10. The normalized spacial score (nSPS) is 26.1. The molecule has 0 unspecified atom stereocenters. The van der Waals surface area contributed by atoms with Gasteiger partial charge in [0.1, 0.15) is 47.8 Å². The molecule has 10 atom stereocenters. The standard InChI is InChI=1S/C40H46O23S2/c1-13-26(49)24-25(27(50)30(13)53-10)29(52)38(65-40-36(61-21(9)48)34(59-19(7)46)32(57-17(5)44)23(63-40)12-55-15(3)42)37(28(24)51)64-39-35(60-20(8)47)33(58-18(6)45)31(56-16(4)43)22(62-39)11-54-14(2)41/h22-23,31-36,39-40,51-52H,11-12H2,1-10H3/t22-,23+,31-,32+,33+,34-,35-,36+,39+,40-/m0/s1. The highest BCUT2D eigenvalue weighted by Crippen LogP contribution is 2.55. The van der Waals surface area contributed by atoms with Crippen LogP contribution in [0.15, 0.2) is 21.1 Å². The van der Waals surface area contributed by atoms with Crippen LogP contribution >= 0.6 is 23.5 Å². The Morgan fingerprint density at radius 2 is 0.800 bits per heavy atom. The number of aromatic hydroxyl groups is 2. The van der Waals surface area contributed by atoms with E-state index in [1.165, 1.54) is 6.92 Å². The number of thioether (sulfide) groups is 2. The van der Waals surface area contributed by atoms with Crippen LogP contribution in [0.2, 0.25) is 0 Å². The number of benzene rings is 1. The maximum Gasteiger partial charge on any atom is 0.303 e. The van der Waals surface area contributed by atoms with Crippen molar-refractivity contribution in [3.8, 4) is 11.5 Å². The molecular formula is C40H46O23S2. The molecule has 0 spiro atoms. The minimum atomic E-state index is -1.78. The van der Waals surface area contributed by atoms with Gasteiger partial charge in [0.15, 0.2) is 48.2 Å². The molecule has 23 nitrogen and oxygen atoms in total. The Hall–Kier alpha value is -5.92. The molecule has 0 bridgehead atoms. The van der Waals surface area contributed by atoms with Crippen molar-refractivity contribution in [1.82, 2.24) is 0 Å². The van der Waals surface area contributed by atoms with E-state index in [1.807, 2.05) is 0 Å². The van der Waals surface area contributed by atoms with Gasteiger partial charge in [-0.2, -0.15) is 0 Å². The fourth-order valence-electron chi connectivity index (χ4n) is 6.96. The molecule has 2 fully saturated rings. The molecule has 1 aromatic carbocycles. The quantitative estimate of drug-likeness (QED) is 0.144. The molecule has 2 N–H and O–H groups in total. The first kappa shape index (κ1) is 51.7. The van der Waals surface area contributed by atoms with E-state index in [0.29, 0.717) is 23.5 Å². The SMILES string of the molecule is COC1=C(C)C(=O)c2c(O)c(S[C@H]3O[C@@H](COC(C)=O)[C@H](OC(C)=O)[C@@H](OC(C)=O)[C@@H]3OC(C)=O)c(S[C@@H]3O[C@H](COC(C)=O)[C@@H](OC(C)=O)[C@H](OC(C)=O)[C@H]3OC(C)=O)c(O)c2C1=O. The Balaban J connectivity index is 2.06. The number of hydrogen-bond acceptors (Lipinski definition) is 25. The molecule has 2 heterocycles. The van der Waals surface area contributed by atoms with Gasteiger partial charge in [0.2, 0.25) is 5.78 Å². The van der Waals surface area contributed by atoms with E-state index in [2.05, 4.69) is 0 Å². The van der Waals surface area contributed by atoms with Crippen LogP contribution in [0, 0.1) is 0 Å². The van der Waals surface area contributed by atoms with Crippen LogP contribution in [0.3, 0.4) is 0 Å². The minimum absolute atomic E-state index is 0.289. The average Bonchev–Trinajstić information content (AvgIpc) is 3.18. The molecule has 0 aromatic heterocycles. The second kappa shape index (κ2) is 21.8. The third-order valence-corrected chi connectivity index (χ3v) is 11.9. The number of rotatable bonds is 15. The first-order valence-electron chi connectivity index (χ1n) is 19.3. The fourth-order valence-corrected chi connectivity index (χ4v) is 9.63. The summed E-state index contributed by atoms with van der Waals surface area (Å²) in [6.07, 6.45) is -13.3. The molecule has 0 saturated carbocycles. The Morgan fingerprint density at radius 1 is 0.492 bits per heavy atom. The van der Waals surface area contributed by atoms with Crippen LogP contribution in [0.4, 0.5) is 0 Å². The molecule has 65 heavy (non-hydrogen) atoms. The highest BCUT2D eigenvalue weighted by molar-refractivity contribution is 8.03. The Morgan fingerprint density at radius 3 is 1.11 bits per heavy atom. The zero-order valence-electron chi connectivity index (χ0n) is 36.5. The molecule has 4 rings (SSSR count). The average molecular weight is 959 g/mol. The van der Waals surface area contributed by atoms with Crippen LogP contribution in [0.1, 0.15) is 83.0 Å². The van der Waals surface area contributed by atoms with Crippen molar-refractivity contribution in [2.24, 2.45) is 0 Å². The summed E-state index contributed by atoms with van der Waals surface area (Å²) in [4.78, 5) is 126. The maximum absolute atomic E-state index is 14.0. The minimum Gasteiger partial charge on any atom is -0.506 e. The molecule has 2 aliphatic heterocycles. The summed E-state index contributed by atoms with van der Waals surface area (Å²) in [5.41, 5.74) is -5.28. The van der Waals surface area contributed by atoms with E-state index in [-0.39, 0.29) is 5.57 Å². The van der Waals surface area contributed by atoms with Gasteiger partial charge in [-0.25, -0.2) is 0 Å². The summed E-state index contributed by atoms with van der Waals surface area (Å²) in [5.74, 6) is -12.1. The van der Waals surface area contributed by atoms with E-state index in [9.17, 15) is 58.2 Å². The zero-order valence-corrected chi connectivity index (χ0v) is 38.1. The van der Waals surface area contributed by atoms with Crippen molar-refractivity contribution >= 4 is 82.8 Å². The lowest BCUT2D eigenvalue weighted by atomic mass is 9.87. The van der Waals surface area contributed by atoms with E-state index in [1.54, 1.807) is 0 Å². The van der Waals surface area contributed by atoms with Crippen molar-refractivity contribution in [3.05, 3.63) is 22.5 Å². The number of Topliss-reactive ketones (excluding diaryl/α,β-unsaturated/α-hetero) is 2. The molecule has 356 valence electrons. The molecular weight excluding hydrogens is 913 g/mol. The second-order valence-electron chi connectivity index (χ2n) is 14.3. The number of esters is 8. The summed E-state index contributed by atoms with van der Waals surface area (Å²) in [7, 11) is 1.08. The van der Waals surface area contributed by atoms with Crippen LogP contribution in [-0.2, 0) is 90.5 Å². The number of phenols is 2. The lowest BCUT2D eigenvalue weighted by molar-refractivity contribution is -0.237. The lowest BCUT2D eigenvalue weighted by Crippen LogP contribution is -2.61. The van der Waals surface area contributed by atoms with Gasteiger partial charge < -0.3 is 62.3 Å². The molecule has 3 aliphatic rings. The van der Waals surface area contributed by atoms with Crippen molar-refractivity contribution < 1.29 is 110 Å². The van der Waals surface area contributed by atoms with Crippen molar-refractivity contribution in [1.29, 1.82) is 0 Å². The highest BCUT2D eigenvalue weighted by Gasteiger charge is 2.55. The molecule has 1 aliphatic carbocycles. The van der Waals surface area contributed by atoms with Crippen molar-refractivity contribution in [2.45, 2.75) is 132 Å². The number of allylic oxidation sites excluding steroid dienone is 2. The van der Waals surface area contributed by atoms with Crippen LogP contribution in [0.5, 0.6) is 11.5 Å². The van der Waals surface area contributed by atoms with Crippen LogP contribution < -0.4 is 0 Å². The van der Waals surface area contributed by atoms with Crippen LogP contribution in [-0.4, -0.2) is 150 Å². The van der Waals surface area contributed by atoms with Gasteiger partial charge in [-0.05, 0) is 6.92 Å². The third-order valence-electron chi connectivity index (χ3n) is 9.27.